The van der Waals surface area contributed by atoms with Gasteiger partial charge in [-0.05, 0) is 20.3 Å². The Balaban J connectivity index is 2.25. The first-order valence-corrected chi connectivity index (χ1v) is 6.30. The summed E-state index contributed by atoms with van der Waals surface area (Å²) in [4.78, 5) is 4.48. The summed E-state index contributed by atoms with van der Waals surface area (Å²) >= 11 is 1.82. The maximum absolute atomic E-state index is 5.41. The Hall–Kier alpha value is -0.220. The number of rotatable bonds is 5. The Morgan fingerprint density at radius 1 is 1.64 bits per heavy atom. The molecule has 82 valence electrons. The topological polar surface area (TPSA) is 33.6 Å². The first-order chi connectivity index (χ1) is 6.76. The van der Waals surface area contributed by atoms with Crippen molar-refractivity contribution >= 4 is 16.9 Å². The summed E-state index contributed by atoms with van der Waals surface area (Å²) in [7, 11) is 0. The normalized spacial score (nSPS) is 26.5. The SMILES string of the molecule is CCOC(C)CN=C1NC(CC)CS1. The molecule has 1 aliphatic rings. The number of hydrogen-bond acceptors (Lipinski definition) is 3. The van der Waals surface area contributed by atoms with Crippen molar-refractivity contribution in [1.29, 1.82) is 0 Å². The third-order valence-corrected chi connectivity index (χ3v) is 3.27. The molecule has 1 fully saturated rings. The van der Waals surface area contributed by atoms with Gasteiger partial charge in [-0.2, -0.15) is 0 Å². The van der Waals surface area contributed by atoms with Crippen LogP contribution in [-0.4, -0.2) is 36.2 Å². The fourth-order valence-corrected chi connectivity index (χ4v) is 2.39. The van der Waals surface area contributed by atoms with Gasteiger partial charge in [0.05, 0.1) is 12.6 Å². The van der Waals surface area contributed by atoms with Crippen LogP contribution in [0.5, 0.6) is 0 Å². The Morgan fingerprint density at radius 3 is 3.00 bits per heavy atom. The van der Waals surface area contributed by atoms with Crippen molar-refractivity contribution in [3.63, 3.8) is 0 Å². The van der Waals surface area contributed by atoms with Gasteiger partial charge in [-0.15, -0.1) is 0 Å². The van der Waals surface area contributed by atoms with Gasteiger partial charge in [0.25, 0.3) is 0 Å². The van der Waals surface area contributed by atoms with Gasteiger partial charge in [-0.25, -0.2) is 0 Å². The molecule has 1 aliphatic heterocycles. The molecule has 3 nitrogen and oxygen atoms in total. The van der Waals surface area contributed by atoms with Gasteiger partial charge in [-0.1, -0.05) is 18.7 Å². The Bertz CT molecular complexity index is 197. The van der Waals surface area contributed by atoms with Gasteiger partial charge < -0.3 is 10.1 Å². The summed E-state index contributed by atoms with van der Waals surface area (Å²) in [6.07, 6.45) is 1.41. The number of hydrogen-bond donors (Lipinski definition) is 1. The van der Waals surface area contributed by atoms with E-state index in [0.29, 0.717) is 6.04 Å². The van der Waals surface area contributed by atoms with Crippen molar-refractivity contribution in [3.8, 4) is 0 Å². The highest BCUT2D eigenvalue weighted by Crippen LogP contribution is 2.15. The van der Waals surface area contributed by atoms with Crippen LogP contribution in [0.2, 0.25) is 0 Å². The van der Waals surface area contributed by atoms with E-state index in [1.807, 2.05) is 18.7 Å². The van der Waals surface area contributed by atoms with Gasteiger partial charge in [0.15, 0.2) is 5.17 Å². The molecule has 0 amide bonds. The quantitative estimate of drug-likeness (QED) is 0.762. The van der Waals surface area contributed by atoms with E-state index in [4.69, 9.17) is 4.74 Å². The molecule has 0 aliphatic carbocycles. The molecule has 0 aromatic rings. The molecule has 4 heteroatoms. The first kappa shape index (κ1) is 11.9. The summed E-state index contributed by atoms with van der Waals surface area (Å²) in [6.45, 7) is 7.80. The zero-order chi connectivity index (χ0) is 10.4. The van der Waals surface area contributed by atoms with Crippen LogP contribution < -0.4 is 5.32 Å². The van der Waals surface area contributed by atoms with Crippen molar-refractivity contribution in [2.45, 2.75) is 39.3 Å². The van der Waals surface area contributed by atoms with Crippen molar-refractivity contribution < 1.29 is 4.74 Å². The maximum atomic E-state index is 5.41. The molecule has 0 saturated carbocycles. The predicted octanol–water partition coefficient (Wildman–Crippen LogP) is 1.88. The van der Waals surface area contributed by atoms with E-state index < -0.39 is 0 Å². The number of nitrogens with zero attached hydrogens (tertiary/aromatic N) is 1. The monoisotopic (exact) mass is 216 g/mol. The van der Waals surface area contributed by atoms with Crippen molar-refractivity contribution in [2.24, 2.45) is 4.99 Å². The molecule has 0 radical (unpaired) electrons. The van der Waals surface area contributed by atoms with Gasteiger partial charge in [-0.3, -0.25) is 4.99 Å². The van der Waals surface area contributed by atoms with Crippen LogP contribution >= 0.6 is 11.8 Å². The average Bonchev–Trinajstić information content (AvgIpc) is 2.63. The Labute approximate surface area is 90.7 Å². The summed E-state index contributed by atoms with van der Waals surface area (Å²) in [6, 6.07) is 0.612. The van der Waals surface area contributed by atoms with Gasteiger partial charge in [0.2, 0.25) is 0 Å². The molecule has 1 N–H and O–H groups in total. The average molecular weight is 216 g/mol. The molecule has 0 bridgehead atoms. The molecule has 2 atom stereocenters. The number of aliphatic imine (C=N–C) groups is 1. The Morgan fingerprint density at radius 2 is 2.43 bits per heavy atom. The van der Waals surface area contributed by atoms with Crippen LogP contribution in [0.15, 0.2) is 4.99 Å². The van der Waals surface area contributed by atoms with Crippen LogP contribution in [0.25, 0.3) is 0 Å². The number of thioether (sulfide) groups is 1. The zero-order valence-corrected chi connectivity index (χ0v) is 10.1. The fraction of sp³-hybridized carbons (Fsp3) is 0.900. The van der Waals surface area contributed by atoms with E-state index in [2.05, 4.69) is 24.2 Å². The zero-order valence-electron chi connectivity index (χ0n) is 9.25. The van der Waals surface area contributed by atoms with Crippen LogP contribution in [0.3, 0.4) is 0 Å². The second kappa shape index (κ2) is 6.30. The highest BCUT2D eigenvalue weighted by molar-refractivity contribution is 8.14. The van der Waals surface area contributed by atoms with Gasteiger partial charge >= 0.3 is 0 Å². The third-order valence-electron chi connectivity index (χ3n) is 2.18. The van der Waals surface area contributed by atoms with E-state index in [1.54, 1.807) is 0 Å². The lowest BCUT2D eigenvalue weighted by Crippen LogP contribution is -2.26. The van der Waals surface area contributed by atoms with Crippen molar-refractivity contribution in [2.75, 3.05) is 18.9 Å². The van der Waals surface area contributed by atoms with E-state index in [0.717, 1.165) is 24.1 Å². The van der Waals surface area contributed by atoms with Crippen LogP contribution in [-0.2, 0) is 4.74 Å². The molecule has 0 aromatic carbocycles. The summed E-state index contributed by atoms with van der Waals surface area (Å²) < 4.78 is 5.41. The molecular weight excluding hydrogens is 196 g/mol. The molecule has 0 aromatic heterocycles. The highest BCUT2D eigenvalue weighted by atomic mass is 32.2. The van der Waals surface area contributed by atoms with E-state index in [9.17, 15) is 0 Å². The molecule has 1 saturated heterocycles. The lowest BCUT2D eigenvalue weighted by atomic mass is 10.3. The minimum atomic E-state index is 0.232. The first-order valence-electron chi connectivity index (χ1n) is 5.31. The highest BCUT2D eigenvalue weighted by Gasteiger charge is 2.17. The van der Waals surface area contributed by atoms with E-state index in [1.165, 1.54) is 6.42 Å². The molecule has 1 heterocycles. The van der Waals surface area contributed by atoms with Crippen LogP contribution in [0, 0.1) is 0 Å². The largest absolute Gasteiger partial charge is 0.377 e. The Kier molecular flexibility index (Phi) is 5.33. The number of amidine groups is 1. The summed E-state index contributed by atoms with van der Waals surface area (Å²) in [5, 5.41) is 4.48. The third kappa shape index (κ3) is 3.88. The van der Waals surface area contributed by atoms with E-state index in [-0.39, 0.29) is 6.10 Å². The van der Waals surface area contributed by atoms with E-state index >= 15 is 0 Å². The minimum absolute atomic E-state index is 0.232. The van der Waals surface area contributed by atoms with Crippen LogP contribution in [0.4, 0.5) is 0 Å². The second-order valence-electron chi connectivity index (χ2n) is 3.47. The lowest BCUT2D eigenvalue weighted by molar-refractivity contribution is 0.0829. The predicted molar refractivity (Wildman–Crippen MR) is 63.1 cm³/mol. The van der Waals surface area contributed by atoms with Crippen molar-refractivity contribution in [1.82, 2.24) is 5.32 Å². The standard InChI is InChI=1S/C10H20N2OS/c1-4-9-7-14-10(12-9)11-6-8(3)13-5-2/h8-9H,4-7H2,1-3H3,(H,11,12). The fourth-order valence-electron chi connectivity index (χ4n) is 1.30. The number of ether oxygens (including phenoxy) is 1. The molecule has 0 spiro atoms. The maximum Gasteiger partial charge on any atom is 0.156 e. The smallest absolute Gasteiger partial charge is 0.156 e. The molecule has 2 unspecified atom stereocenters. The van der Waals surface area contributed by atoms with Crippen LogP contribution in [0.1, 0.15) is 27.2 Å². The van der Waals surface area contributed by atoms with Gasteiger partial charge in [0, 0.05) is 18.4 Å². The number of nitrogens with one attached hydrogen (secondary N) is 1. The summed E-state index contributed by atoms with van der Waals surface area (Å²) in [5.41, 5.74) is 0. The summed E-state index contributed by atoms with van der Waals surface area (Å²) in [5.74, 6) is 1.15. The van der Waals surface area contributed by atoms with Crippen molar-refractivity contribution in [3.05, 3.63) is 0 Å². The molecular formula is C10H20N2OS. The second-order valence-corrected chi connectivity index (χ2v) is 4.48. The van der Waals surface area contributed by atoms with Gasteiger partial charge in [0.1, 0.15) is 0 Å². The lowest BCUT2D eigenvalue weighted by Gasteiger charge is -2.09. The minimum Gasteiger partial charge on any atom is -0.377 e. The molecule has 14 heavy (non-hydrogen) atoms. The molecule has 1 rings (SSSR count).